The third kappa shape index (κ3) is 2.58. The summed E-state index contributed by atoms with van der Waals surface area (Å²) in [4.78, 5) is 17.3. The van der Waals surface area contributed by atoms with Crippen LogP contribution in [0.1, 0.15) is 25.7 Å². The van der Waals surface area contributed by atoms with E-state index in [1.54, 1.807) is 11.6 Å². The van der Waals surface area contributed by atoms with Gasteiger partial charge in [-0.3, -0.25) is 10.1 Å². The van der Waals surface area contributed by atoms with Crippen molar-refractivity contribution in [2.75, 3.05) is 18.1 Å². The van der Waals surface area contributed by atoms with Crippen LogP contribution in [0.5, 0.6) is 0 Å². The maximum Gasteiger partial charge on any atom is 0.319 e. The molecular weight excluding hydrogens is 290 g/mol. The van der Waals surface area contributed by atoms with Gasteiger partial charge in [0, 0.05) is 6.54 Å². The molecule has 1 fully saturated rings. The van der Waals surface area contributed by atoms with E-state index >= 15 is 0 Å². The van der Waals surface area contributed by atoms with Crippen LogP contribution in [0.15, 0.2) is 17.6 Å². The maximum absolute atomic E-state index is 11.5. The summed E-state index contributed by atoms with van der Waals surface area (Å²) in [7, 11) is 0. The van der Waals surface area contributed by atoms with Crippen molar-refractivity contribution in [2.45, 2.75) is 31.7 Å². The minimum Gasteiger partial charge on any atom is -0.394 e. The van der Waals surface area contributed by atoms with Gasteiger partial charge in [-0.25, -0.2) is 4.98 Å². The fraction of sp³-hybridized carbons (Fsp3) is 0.500. The minimum atomic E-state index is -0.350. The quantitative estimate of drug-likeness (QED) is 0.696. The number of fused-ring (bicyclic) bond motifs is 1. The first-order chi connectivity index (χ1) is 10.2. The largest absolute Gasteiger partial charge is 0.394 e. The number of aromatic nitrogens is 1. The lowest BCUT2D eigenvalue weighted by Gasteiger charge is -2.30. The van der Waals surface area contributed by atoms with E-state index in [9.17, 15) is 15.2 Å². The minimum absolute atomic E-state index is 0.0201. The Labute approximate surface area is 126 Å². The lowest BCUT2D eigenvalue weighted by molar-refractivity contribution is -0.382. The highest BCUT2D eigenvalue weighted by Gasteiger charge is 2.29. The van der Waals surface area contributed by atoms with E-state index < -0.39 is 0 Å². The molecule has 3 rings (SSSR count). The van der Waals surface area contributed by atoms with Crippen LogP contribution in [0.2, 0.25) is 0 Å². The molecule has 112 valence electrons. The summed E-state index contributed by atoms with van der Waals surface area (Å²) in [5, 5.41) is 21.2. The van der Waals surface area contributed by atoms with Gasteiger partial charge in [0.05, 0.1) is 27.8 Å². The number of thiazole rings is 1. The highest BCUT2D eigenvalue weighted by atomic mass is 32.1. The number of nitro benzene ring substituents is 1. The summed E-state index contributed by atoms with van der Waals surface area (Å²) in [5.74, 6) is 0. The molecule has 0 saturated carbocycles. The number of rotatable bonds is 3. The van der Waals surface area contributed by atoms with Crippen molar-refractivity contribution in [2.24, 2.45) is 0 Å². The zero-order chi connectivity index (χ0) is 14.8. The van der Waals surface area contributed by atoms with Gasteiger partial charge in [0.25, 0.3) is 0 Å². The number of benzene rings is 1. The SMILES string of the molecule is O=[N+]([O-])c1c(N2CCCCCC2CO)ccc2scnc12. The van der Waals surface area contributed by atoms with Crippen molar-refractivity contribution in [1.82, 2.24) is 4.98 Å². The Kier molecular flexibility index (Phi) is 4.03. The molecule has 2 heterocycles. The first-order valence-corrected chi connectivity index (χ1v) is 7.98. The van der Waals surface area contributed by atoms with Crippen molar-refractivity contribution < 1.29 is 10.0 Å². The van der Waals surface area contributed by atoms with Crippen LogP contribution in [0.4, 0.5) is 11.4 Å². The molecule has 1 saturated heterocycles. The van der Waals surface area contributed by atoms with Crippen LogP contribution >= 0.6 is 11.3 Å². The van der Waals surface area contributed by atoms with Crippen molar-refractivity contribution in [3.05, 3.63) is 27.8 Å². The van der Waals surface area contributed by atoms with Crippen molar-refractivity contribution in [3.63, 3.8) is 0 Å². The first kappa shape index (κ1) is 14.2. The monoisotopic (exact) mass is 307 g/mol. The fourth-order valence-electron chi connectivity index (χ4n) is 3.00. The summed E-state index contributed by atoms with van der Waals surface area (Å²) in [6.45, 7) is 0.758. The fourth-order valence-corrected chi connectivity index (χ4v) is 3.68. The Morgan fingerprint density at radius 3 is 3.05 bits per heavy atom. The van der Waals surface area contributed by atoms with Crippen LogP contribution in [-0.2, 0) is 0 Å². The van der Waals surface area contributed by atoms with Crippen molar-refractivity contribution in [1.29, 1.82) is 0 Å². The van der Waals surface area contributed by atoms with Crippen LogP contribution in [-0.4, -0.2) is 34.2 Å². The number of aliphatic hydroxyl groups is 1. The summed E-state index contributed by atoms with van der Waals surface area (Å²) in [6.07, 6.45) is 4.00. The third-order valence-corrected chi connectivity index (χ3v) is 4.83. The van der Waals surface area contributed by atoms with Gasteiger partial charge in [-0.05, 0) is 25.0 Å². The van der Waals surface area contributed by atoms with E-state index in [0.29, 0.717) is 11.2 Å². The molecule has 2 aromatic rings. The number of hydrogen-bond acceptors (Lipinski definition) is 6. The van der Waals surface area contributed by atoms with Crippen LogP contribution < -0.4 is 4.90 Å². The molecule has 1 atom stereocenters. The molecule has 0 amide bonds. The molecule has 0 radical (unpaired) electrons. The molecule has 1 N–H and O–H groups in total. The van der Waals surface area contributed by atoms with E-state index in [1.165, 1.54) is 11.3 Å². The van der Waals surface area contributed by atoms with E-state index in [-0.39, 0.29) is 23.3 Å². The Hall–Kier alpha value is -1.73. The average molecular weight is 307 g/mol. The van der Waals surface area contributed by atoms with Gasteiger partial charge in [0.15, 0.2) is 5.52 Å². The number of aliphatic hydroxyl groups excluding tert-OH is 1. The van der Waals surface area contributed by atoms with Gasteiger partial charge in [-0.1, -0.05) is 12.8 Å². The highest BCUT2D eigenvalue weighted by molar-refractivity contribution is 7.16. The summed E-state index contributed by atoms with van der Waals surface area (Å²) in [5.41, 5.74) is 2.73. The summed E-state index contributed by atoms with van der Waals surface area (Å²) >= 11 is 1.40. The number of nitro groups is 1. The lowest BCUT2D eigenvalue weighted by atomic mass is 10.1. The standard InChI is InChI=1S/C14H17N3O3S/c18-8-10-4-2-1-3-7-16(10)11-5-6-12-13(15-9-21-12)14(11)17(19)20/h5-6,9-10,18H,1-4,7-8H2. The predicted molar refractivity (Wildman–Crippen MR) is 83.0 cm³/mol. The predicted octanol–water partition coefficient (Wildman–Crippen LogP) is 2.95. The van der Waals surface area contributed by atoms with E-state index in [4.69, 9.17) is 0 Å². The van der Waals surface area contributed by atoms with E-state index in [2.05, 4.69) is 4.98 Å². The second-order valence-electron chi connectivity index (χ2n) is 5.27. The molecule has 1 aromatic carbocycles. The molecule has 7 heteroatoms. The van der Waals surface area contributed by atoms with Gasteiger partial charge < -0.3 is 10.0 Å². The third-order valence-electron chi connectivity index (χ3n) is 4.03. The lowest BCUT2D eigenvalue weighted by Crippen LogP contribution is -2.37. The molecule has 0 spiro atoms. The zero-order valence-corrected chi connectivity index (χ0v) is 12.4. The normalized spacial score (nSPS) is 19.7. The van der Waals surface area contributed by atoms with Crippen LogP contribution in [0, 0.1) is 10.1 Å². The van der Waals surface area contributed by atoms with Gasteiger partial charge >= 0.3 is 5.69 Å². The molecule has 6 nitrogen and oxygen atoms in total. The second-order valence-corrected chi connectivity index (χ2v) is 6.15. The van der Waals surface area contributed by atoms with E-state index in [1.807, 2.05) is 11.0 Å². The average Bonchev–Trinajstić information content (AvgIpc) is 2.82. The molecule has 21 heavy (non-hydrogen) atoms. The molecule has 0 aliphatic carbocycles. The molecule has 0 bridgehead atoms. The van der Waals surface area contributed by atoms with Crippen LogP contribution in [0.3, 0.4) is 0 Å². The van der Waals surface area contributed by atoms with Gasteiger partial charge in [-0.15, -0.1) is 11.3 Å². The number of hydrogen-bond donors (Lipinski definition) is 1. The summed E-state index contributed by atoms with van der Waals surface area (Å²) < 4.78 is 0.820. The summed E-state index contributed by atoms with van der Waals surface area (Å²) in [6, 6.07) is 3.63. The van der Waals surface area contributed by atoms with Gasteiger partial charge in [-0.2, -0.15) is 0 Å². The van der Waals surface area contributed by atoms with Crippen LogP contribution in [0.25, 0.3) is 10.2 Å². The van der Waals surface area contributed by atoms with Crippen molar-refractivity contribution >= 4 is 32.9 Å². The first-order valence-electron chi connectivity index (χ1n) is 7.10. The Morgan fingerprint density at radius 1 is 1.43 bits per heavy atom. The molecule has 1 unspecified atom stereocenters. The van der Waals surface area contributed by atoms with E-state index in [0.717, 1.165) is 36.9 Å². The van der Waals surface area contributed by atoms with Crippen molar-refractivity contribution in [3.8, 4) is 0 Å². The molecule has 1 aromatic heterocycles. The smallest absolute Gasteiger partial charge is 0.319 e. The number of anilines is 1. The molecular formula is C14H17N3O3S. The highest BCUT2D eigenvalue weighted by Crippen LogP contribution is 2.38. The van der Waals surface area contributed by atoms with Gasteiger partial charge in [0.2, 0.25) is 0 Å². The topological polar surface area (TPSA) is 79.5 Å². The Bertz CT molecular complexity index is 658. The number of nitrogens with zero attached hydrogens (tertiary/aromatic N) is 3. The zero-order valence-electron chi connectivity index (χ0n) is 11.6. The molecule has 1 aliphatic rings. The molecule has 1 aliphatic heterocycles. The maximum atomic E-state index is 11.5. The second kappa shape index (κ2) is 5.95. The van der Waals surface area contributed by atoms with Gasteiger partial charge in [0.1, 0.15) is 5.69 Å². The Morgan fingerprint density at radius 2 is 2.29 bits per heavy atom. The Balaban J connectivity index is 2.13.